The molecule has 1 unspecified atom stereocenters. The maximum Gasteiger partial charge on any atom is 0.244 e. The Bertz CT molecular complexity index is 1200. The van der Waals surface area contributed by atoms with Crippen LogP contribution in [0.5, 0.6) is 11.5 Å². The Morgan fingerprint density at radius 1 is 1.06 bits per heavy atom. The summed E-state index contributed by atoms with van der Waals surface area (Å²) >= 11 is 3.48. The average Bonchev–Trinajstić information content (AvgIpc) is 2.95. The molecule has 1 heterocycles. The quantitative estimate of drug-likeness (QED) is 0.537. The third kappa shape index (κ3) is 4.85. The van der Waals surface area contributed by atoms with Gasteiger partial charge in [-0.2, -0.15) is 0 Å². The molecule has 8 heteroatoms. The molecule has 1 N–H and O–H groups in total. The molecule has 3 aromatic carbocycles. The monoisotopic (exact) mass is 512 g/mol. The summed E-state index contributed by atoms with van der Waals surface area (Å²) in [5.74, 6) is 0.147. The molecule has 0 saturated heterocycles. The Balaban J connectivity index is 1.76. The van der Waals surface area contributed by atoms with Gasteiger partial charge in [0.1, 0.15) is 12.4 Å². The zero-order chi connectivity index (χ0) is 23.5. The smallest absolute Gasteiger partial charge is 0.244 e. The van der Waals surface area contributed by atoms with Crippen molar-refractivity contribution in [1.29, 1.82) is 0 Å². The molecule has 2 amide bonds. The van der Waals surface area contributed by atoms with Gasteiger partial charge in [-0.3, -0.25) is 9.59 Å². The number of ether oxygens (including phenoxy) is 2. The molecule has 3 aromatic rings. The number of nitrogens with zero attached hydrogens (tertiary/aromatic N) is 1. The lowest BCUT2D eigenvalue weighted by Gasteiger charge is -2.31. The molecular formula is C25H22BrFN2O4. The van der Waals surface area contributed by atoms with E-state index in [9.17, 15) is 14.0 Å². The predicted molar refractivity (Wildman–Crippen MR) is 126 cm³/mol. The Hall–Kier alpha value is -3.39. The van der Waals surface area contributed by atoms with Gasteiger partial charge < -0.3 is 19.7 Å². The number of benzene rings is 3. The Morgan fingerprint density at radius 2 is 1.79 bits per heavy atom. The maximum atomic E-state index is 13.7. The molecule has 1 atom stereocenters. The number of halogens is 2. The number of hydrogen-bond donors (Lipinski definition) is 1. The number of carbonyl (C=O) groups is 2. The highest BCUT2D eigenvalue weighted by Crippen LogP contribution is 2.38. The van der Waals surface area contributed by atoms with Crippen molar-refractivity contribution in [2.45, 2.75) is 12.5 Å². The summed E-state index contributed by atoms with van der Waals surface area (Å²) in [6, 6.07) is 16.1. The summed E-state index contributed by atoms with van der Waals surface area (Å²) in [6.45, 7) is -0.138. The van der Waals surface area contributed by atoms with E-state index in [0.717, 1.165) is 15.6 Å². The molecule has 6 nitrogen and oxygen atoms in total. The van der Waals surface area contributed by atoms with Crippen molar-refractivity contribution in [3.8, 4) is 11.5 Å². The second-order valence-electron chi connectivity index (χ2n) is 7.62. The van der Waals surface area contributed by atoms with E-state index in [-0.39, 0.29) is 30.6 Å². The topological polar surface area (TPSA) is 67.9 Å². The maximum absolute atomic E-state index is 13.7. The highest BCUT2D eigenvalue weighted by molar-refractivity contribution is 9.10. The number of hydrogen-bond acceptors (Lipinski definition) is 4. The summed E-state index contributed by atoms with van der Waals surface area (Å²) in [5, 5.41) is 2.88. The van der Waals surface area contributed by atoms with Gasteiger partial charge in [0.15, 0.2) is 11.5 Å². The van der Waals surface area contributed by atoms with E-state index < -0.39 is 6.04 Å². The molecule has 0 radical (unpaired) electrons. The van der Waals surface area contributed by atoms with Crippen LogP contribution in [-0.4, -0.2) is 37.5 Å². The van der Waals surface area contributed by atoms with Crippen LogP contribution in [0, 0.1) is 5.82 Å². The minimum atomic E-state index is -0.579. The van der Waals surface area contributed by atoms with Gasteiger partial charge in [0.25, 0.3) is 0 Å². The fourth-order valence-electron chi connectivity index (χ4n) is 3.98. The number of nitrogens with one attached hydrogen (secondary N) is 1. The van der Waals surface area contributed by atoms with E-state index in [1.807, 2.05) is 12.1 Å². The molecule has 0 aliphatic carbocycles. The second-order valence-corrected chi connectivity index (χ2v) is 8.54. The minimum absolute atomic E-state index is 0.0503. The van der Waals surface area contributed by atoms with Gasteiger partial charge in [0.2, 0.25) is 11.8 Å². The molecule has 1 aliphatic heterocycles. The standard InChI is InChI=1S/C25H22BrFN2O4/c1-32-21-10-3-15(11-22(21)33-2)12-24(31)29-14-23(30)28-20-9-6-17(26)13-19(20)25(29)16-4-7-18(27)8-5-16/h3-11,13,25H,12,14H2,1-2H3,(H,28,30). The molecule has 0 fully saturated rings. The van der Waals surface area contributed by atoms with Crippen LogP contribution in [0.15, 0.2) is 65.1 Å². The van der Waals surface area contributed by atoms with Crippen LogP contribution in [0.4, 0.5) is 10.1 Å². The molecule has 0 aromatic heterocycles. The number of amides is 2. The van der Waals surface area contributed by atoms with E-state index in [2.05, 4.69) is 21.2 Å². The molecule has 170 valence electrons. The van der Waals surface area contributed by atoms with Crippen molar-refractivity contribution in [1.82, 2.24) is 4.90 Å². The van der Waals surface area contributed by atoms with Crippen LogP contribution in [0.1, 0.15) is 22.7 Å². The van der Waals surface area contributed by atoms with E-state index in [1.54, 1.807) is 43.5 Å². The molecule has 1 aliphatic rings. The Kier molecular flexibility index (Phi) is 6.65. The zero-order valence-electron chi connectivity index (χ0n) is 18.1. The van der Waals surface area contributed by atoms with Crippen LogP contribution < -0.4 is 14.8 Å². The van der Waals surface area contributed by atoms with Gasteiger partial charge in [-0.15, -0.1) is 0 Å². The molecule has 0 bridgehead atoms. The number of fused-ring (bicyclic) bond motifs is 1. The first-order valence-electron chi connectivity index (χ1n) is 10.2. The van der Waals surface area contributed by atoms with Crippen LogP contribution in [0.2, 0.25) is 0 Å². The third-order valence-corrected chi connectivity index (χ3v) is 6.01. The van der Waals surface area contributed by atoms with E-state index >= 15 is 0 Å². The van der Waals surface area contributed by atoms with E-state index in [0.29, 0.717) is 22.7 Å². The molecule has 0 spiro atoms. The van der Waals surface area contributed by atoms with Gasteiger partial charge in [-0.1, -0.05) is 34.1 Å². The van der Waals surface area contributed by atoms with Crippen LogP contribution >= 0.6 is 15.9 Å². The van der Waals surface area contributed by atoms with Gasteiger partial charge in [0.05, 0.1) is 26.7 Å². The van der Waals surface area contributed by atoms with Gasteiger partial charge in [-0.25, -0.2) is 4.39 Å². The number of methoxy groups -OCH3 is 2. The second kappa shape index (κ2) is 9.62. The lowest BCUT2D eigenvalue weighted by Crippen LogP contribution is -2.39. The molecular weight excluding hydrogens is 491 g/mol. The largest absolute Gasteiger partial charge is 0.493 e. The highest BCUT2D eigenvalue weighted by Gasteiger charge is 2.33. The minimum Gasteiger partial charge on any atom is -0.493 e. The lowest BCUT2D eigenvalue weighted by atomic mass is 9.95. The third-order valence-electron chi connectivity index (χ3n) is 5.52. The summed E-state index contributed by atoms with van der Waals surface area (Å²) in [6.07, 6.45) is 0.0503. The SMILES string of the molecule is COc1ccc(CC(=O)N2CC(=O)Nc3ccc(Br)cc3C2c2ccc(F)cc2)cc1OC. The van der Waals surface area contributed by atoms with Gasteiger partial charge in [0, 0.05) is 15.7 Å². The molecule has 33 heavy (non-hydrogen) atoms. The van der Waals surface area contributed by atoms with Crippen LogP contribution in [0.25, 0.3) is 0 Å². The first kappa shape index (κ1) is 22.8. The number of anilines is 1. The van der Waals surface area contributed by atoms with Gasteiger partial charge in [-0.05, 0) is 53.6 Å². The molecule has 0 saturated carbocycles. The molecule has 4 rings (SSSR count). The zero-order valence-corrected chi connectivity index (χ0v) is 19.7. The van der Waals surface area contributed by atoms with E-state index in [1.165, 1.54) is 24.1 Å². The van der Waals surface area contributed by atoms with Gasteiger partial charge >= 0.3 is 0 Å². The highest BCUT2D eigenvalue weighted by atomic mass is 79.9. The summed E-state index contributed by atoms with van der Waals surface area (Å²) in [5.41, 5.74) is 2.77. The number of rotatable bonds is 5. The van der Waals surface area contributed by atoms with E-state index in [4.69, 9.17) is 9.47 Å². The summed E-state index contributed by atoms with van der Waals surface area (Å²) in [4.78, 5) is 27.8. The normalized spacial score (nSPS) is 15.3. The van der Waals surface area contributed by atoms with Crippen molar-refractivity contribution in [2.24, 2.45) is 0 Å². The van der Waals surface area contributed by atoms with Crippen molar-refractivity contribution in [3.63, 3.8) is 0 Å². The lowest BCUT2D eigenvalue weighted by molar-refractivity contribution is -0.135. The number of carbonyl (C=O) groups excluding carboxylic acids is 2. The average molecular weight is 513 g/mol. The van der Waals surface area contributed by atoms with Crippen molar-refractivity contribution >= 4 is 33.4 Å². The van der Waals surface area contributed by atoms with Crippen molar-refractivity contribution in [2.75, 3.05) is 26.1 Å². The van der Waals surface area contributed by atoms with Crippen LogP contribution in [-0.2, 0) is 16.0 Å². The first-order valence-corrected chi connectivity index (χ1v) is 11.0. The van der Waals surface area contributed by atoms with Crippen molar-refractivity contribution < 1.29 is 23.5 Å². The Labute approximate surface area is 199 Å². The summed E-state index contributed by atoms with van der Waals surface area (Å²) in [7, 11) is 3.07. The van der Waals surface area contributed by atoms with Crippen molar-refractivity contribution in [3.05, 3.63) is 87.6 Å². The predicted octanol–water partition coefficient (Wildman–Crippen LogP) is 4.72. The summed E-state index contributed by atoms with van der Waals surface area (Å²) < 4.78 is 25.1. The first-order chi connectivity index (χ1) is 15.9. The fraction of sp³-hybridized carbons (Fsp3) is 0.200. The Morgan fingerprint density at radius 3 is 2.48 bits per heavy atom. The fourth-order valence-corrected chi connectivity index (χ4v) is 4.36. The van der Waals surface area contributed by atoms with Crippen LogP contribution in [0.3, 0.4) is 0 Å².